The summed E-state index contributed by atoms with van der Waals surface area (Å²) in [6, 6.07) is 0.204. The third-order valence-corrected chi connectivity index (χ3v) is 3.45. The van der Waals surface area contributed by atoms with Gasteiger partial charge in [0.2, 0.25) is 0 Å². The number of nitrogens with one attached hydrogen (secondary N) is 1. The lowest BCUT2D eigenvalue weighted by Crippen LogP contribution is -2.50. The zero-order valence-corrected chi connectivity index (χ0v) is 12.7. The fourth-order valence-electron chi connectivity index (χ4n) is 2.32. The van der Waals surface area contributed by atoms with Crippen molar-refractivity contribution < 1.29 is 9.53 Å². The fourth-order valence-corrected chi connectivity index (χ4v) is 2.32. The molecule has 2 amide bonds. The van der Waals surface area contributed by atoms with Crippen molar-refractivity contribution in [2.45, 2.75) is 52.4 Å². The molecule has 1 saturated heterocycles. The van der Waals surface area contributed by atoms with Gasteiger partial charge in [0.05, 0.1) is 24.1 Å². The average molecular weight is 280 g/mol. The molecular formula is C14H24N4O2. The van der Waals surface area contributed by atoms with E-state index in [-0.39, 0.29) is 24.3 Å². The van der Waals surface area contributed by atoms with Gasteiger partial charge in [-0.2, -0.15) is 5.10 Å². The molecule has 6 nitrogen and oxygen atoms in total. The summed E-state index contributed by atoms with van der Waals surface area (Å²) in [5.41, 5.74) is 0.732. The van der Waals surface area contributed by atoms with Crippen molar-refractivity contribution in [1.29, 1.82) is 0 Å². The molecule has 2 rings (SSSR count). The molecule has 0 bridgehead atoms. The van der Waals surface area contributed by atoms with Gasteiger partial charge in [-0.3, -0.25) is 4.68 Å². The maximum atomic E-state index is 12.3. The van der Waals surface area contributed by atoms with Crippen LogP contribution in [-0.4, -0.2) is 46.0 Å². The summed E-state index contributed by atoms with van der Waals surface area (Å²) in [5.74, 6) is 0. The minimum absolute atomic E-state index is 0.0813. The van der Waals surface area contributed by atoms with Crippen LogP contribution in [0.15, 0.2) is 12.4 Å². The molecule has 1 fully saturated rings. The lowest BCUT2D eigenvalue weighted by Gasteiger charge is -2.36. The molecule has 0 radical (unpaired) electrons. The quantitative estimate of drug-likeness (QED) is 0.925. The number of rotatable bonds is 3. The van der Waals surface area contributed by atoms with Crippen molar-refractivity contribution in [2.24, 2.45) is 0 Å². The highest BCUT2D eigenvalue weighted by atomic mass is 16.5. The van der Waals surface area contributed by atoms with Crippen LogP contribution in [0.3, 0.4) is 0 Å². The van der Waals surface area contributed by atoms with Crippen LogP contribution < -0.4 is 5.32 Å². The van der Waals surface area contributed by atoms with Crippen LogP contribution in [0.4, 0.5) is 10.5 Å². The summed E-state index contributed by atoms with van der Waals surface area (Å²) in [7, 11) is 0. The first-order valence-corrected chi connectivity index (χ1v) is 7.25. The van der Waals surface area contributed by atoms with E-state index in [1.165, 1.54) is 0 Å². The first kappa shape index (κ1) is 14.8. The number of urea groups is 1. The van der Waals surface area contributed by atoms with Gasteiger partial charge >= 0.3 is 6.03 Å². The van der Waals surface area contributed by atoms with Gasteiger partial charge < -0.3 is 15.0 Å². The molecule has 1 aliphatic heterocycles. The largest absolute Gasteiger partial charge is 0.372 e. The molecule has 0 aromatic carbocycles. The predicted molar refractivity (Wildman–Crippen MR) is 77.8 cm³/mol. The summed E-state index contributed by atoms with van der Waals surface area (Å²) in [5, 5.41) is 7.12. The van der Waals surface area contributed by atoms with Gasteiger partial charge in [-0.25, -0.2) is 4.79 Å². The number of amides is 2. The maximum absolute atomic E-state index is 12.3. The first-order valence-electron chi connectivity index (χ1n) is 7.25. The molecule has 0 aliphatic carbocycles. The molecule has 0 spiro atoms. The second-order valence-corrected chi connectivity index (χ2v) is 5.61. The molecule has 2 unspecified atom stereocenters. The monoisotopic (exact) mass is 280 g/mol. The number of aromatic nitrogens is 2. The Morgan fingerprint density at radius 3 is 2.90 bits per heavy atom. The van der Waals surface area contributed by atoms with Gasteiger partial charge in [0.25, 0.3) is 0 Å². The summed E-state index contributed by atoms with van der Waals surface area (Å²) >= 11 is 0. The number of anilines is 1. The normalized spacial score (nSPS) is 23.1. The Kier molecular flexibility index (Phi) is 4.65. The lowest BCUT2D eigenvalue weighted by molar-refractivity contribution is -0.0632. The van der Waals surface area contributed by atoms with Crippen molar-refractivity contribution in [1.82, 2.24) is 14.7 Å². The molecule has 1 aromatic rings. The van der Waals surface area contributed by atoms with Gasteiger partial charge in [0.15, 0.2) is 0 Å². The van der Waals surface area contributed by atoms with Gasteiger partial charge in [-0.15, -0.1) is 0 Å². The maximum Gasteiger partial charge on any atom is 0.322 e. The van der Waals surface area contributed by atoms with Crippen LogP contribution in [0, 0.1) is 0 Å². The zero-order chi connectivity index (χ0) is 14.7. The number of nitrogens with zero attached hydrogens (tertiary/aromatic N) is 3. The molecular weight excluding hydrogens is 256 g/mol. The number of hydrogen-bond acceptors (Lipinski definition) is 3. The highest BCUT2D eigenvalue weighted by Crippen LogP contribution is 2.16. The van der Waals surface area contributed by atoms with E-state index in [0.29, 0.717) is 13.1 Å². The number of hydrogen-bond donors (Lipinski definition) is 1. The van der Waals surface area contributed by atoms with Crippen LogP contribution in [-0.2, 0) is 4.74 Å². The van der Waals surface area contributed by atoms with Crippen molar-refractivity contribution in [2.75, 3.05) is 18.4 Å². The Morgan fingerprint density at radius 1 is 1.55 bits per heavy atom. The minimum atomic E-state index is -0.0816. The van der Waals surface area contributed by atoms with E-state index < -0.39 is 0 Å². The fraction of sp³-hybridized carbons (Fsp3) is 0.714. The van der Waals surface area contributed by atoms with E-state index >= 15 is 0 Å². The Hall–Kier alpha value is -1.56. The molecule has 1 aromatic heterocycles. The van der Waals surface area contributed by atoms with E-state index in [9.17, 15) is 4.79 Å². The Labute approximate surface area is 120 Å². The first-order chi connectivity index (χ1) is 9.49. The van der Waals surface area contributed by atoms with Gasteiger partial charge in [0, 0.05) is 25.3 Å². The van der Waals surface area contributed by atoms with Crippen LogP contribution in [0.2, 0.25) is 0 Å². The van der Waals surface area contributed by atoms with Gasteiger partial charge in [-0.1, -0.05) is 6.92 Å². The van der Waals surface area contributed by atoms with E-state index in [1.54, 1.807) is 6.20 Å². The van der Waals surface area contributed by atoms with Crippen molar-refractivity contribution in [3.63, 3.8) is 0 Å². The van der Waals surface area contributed by atoms with E-state index in [1.807, 2.05) is 36.5 Å². The van der Waals surface area contributed by atoms with Crippen LogP contribution >= 0.6 is 0 Å². The molecule has 0 saturated carbocycles. The summed E-state index contributed by atoms with van der Waals surface area (Å²) in [4.78, 5) is 14.1. The summed E-state index contributed by atoms with van der Waals surface area (Å²) in [6.45, 7) is 9.44. The molecule has 20 heavy (non-hydrogen) atoms. The summed E-state index contributed by atoms with van der Waals surface area (Å²) in [6.07, 6.45) is 4.66. The third-order valence-electron chi connectivity index (χ3n) is 3.45. The van der Waals surface area contributed by atoms with Crippen LogP contribution in [0.1, 0.15) is 40.2 Å². The molecule has 2 heterocycles. The SMILES string of the molecule is CCC1CN(C(=O)Nc2cnn(C(C)C)c2)CC(C)O1. The smallest absolute Gasteiger partial charge is 0.322 e. The average Bonchev–Trinajstić information content (AvgIpc) is 2.86. The van der Waals surface area contributed by atoms with Crippen molar-refractivity contribution in [3.05, 3.63) is 12.4 Å². The van der Waals surface area contributed by atoms with Crippen LogP contribution in [0.5, 0.6) is 0 Å². The molecule has 6 heteroatoms. The molecule has 112 valence electrons. The number of morpholine rings is 1. The standard InChI is InChI=1S/C14H24N4O2/c1-5-13-9-17(7-11(4)20-13)14(19)16-12-6-15-18(8-12)10(2)3/h6,8,10-11,13H,5,7,9H2,1-4H3,(H,16,19). The summed E-state index contributed by atoms with van der Waals surface area (Å²) < 4.78 is 7.59. The molecule has 1 N–H and O–H groups in total. The topological polar surface area (TPSA) is 59.4 Å². The minimum Gasteiger partial charge on any atom is -0.372 e. The third kappa shape index (κ3) is 3.50. The number of carbonyl (C=O) groups is 1. The van der Waals surface area contributed by atoms with E-state index in [4.69, 9.17) is 4.74 Å². The Bertz CT molecular complexity index is 458. The zero-order valence-electron chi connectivity index (χ0n) is 12.7. The Morgan fingerprint density at radius 2 is 2.30 bits per heavy atom. The van der Waals surface area contributed by atoms with E-state index in [2.05, 4.69) is 17.3 Å². The van der Waals surface area contributed by atoms with Crippen molar-refractivity contribution in [3.8, 4) is 0 Å². The van der Waals surface area contributed by atoms with E-state index in [0.717, 1.165) is 12.1 Å². The van der Waals surface area contributed by atoms with Gasteiger partial charge in [0.1, 0.15) is 0 Å². The highest BCUT2D eigenvalue weighted by Gasteiger charge is 2.27. The van der Waals surface area contributed by atoms with Crippen LogP contribution in [0.25, 0.3) is 0 Å². The molecule has 2 atom stereocenters. The number of ether oxygens (including phenoxy) is 1. The van der Waals surface area contributed by atoms with Gasteiger partial charge in [-0.05, 0) is 27.2 Å². The highest BCUT2D eigenvalue weighted by molar-refractivity contribution is 5.89. The van der Waals surface area contributed by atoms with Crippen molar-refractivity contribution >= 4 is 11.7 Å². The molecule has 1 aliphatic rings. The Balaban J connectivity index is 1.96. The predicted octanol–water partition coefficient (Wildman–Crippen LogP) is 2.50. The lowest BCUT2D eigenvalue weighted by atomic mass is 10.2. The second-order valence-electron chi connectivity index (χ2n) is 5.61. The number of carbonyl (C=O) groups excluding carboxylic acids is 1. The second kappa shape index (κ2) is 6.26.